The van der Waals surface area contributed by atoms with Gasteiger partial charge in [-0.25, -0.2) is 8.78 Å². The normalized spacial score (nSPS) is 14.0. The van der Waals surface area contributed by atoms with E-state index in [-0.39, 0.29) is 6.42 Å². The number of halogens is 2. The third-order valence-corrected chi connectivity index (χ3v) is 1.34. The fourth-order valence-electron chi connectivity index (χ4n) is 0.433. The number of rotatable bonds is 2. The van der Waals surface area contributed by atoms with Gasteiger partial charge in [-0.1, -0.05) is 6.92 Å². The lowest BCUT2D eigenvalue weighted by molar-refractivity contribution is -0.162. The standard InChI is InChI=1S/C6H12F2O/c1-4-6(7,8)5(2,3)9/h9H,4H2,1-3H3. The van der Waals surface area contributed by atoms with Gasteiger partial charge in [-0.05, 0) is 13.8 Å². The van der Waals surface area contributed by atoms with E-state index < -0.39 is 11.5 Å². The summed E-state index contributed by atoms with van der Waals surface area (Å²) in [5, 5.41) is 8.80. The van der Waals surface area contributed by atoms with Crippen LogP contribution in [0.3, 0.4) is 0 Å². The van der Waals surface area contributed by atoms with Crippen LogP contribution in [0.15, 0.2) is 0 Å². The van der Waals surface area contributed by atoms with E-state index in [1.807, 2.05) is 0 Å². The monoisotopic (exact) mass is 138 g/mol. The number of alkyl halides is 2. The smallest absolute Gasteiger partial charge is 0.275 e. The molecule has 56 valence electrons. The van der Waals surface area contributed by atoms with Gasteiger partial charge >= 0.3 is 0 Å². The molecule has 9 heavy (non-hydrogen) atoms. The van der Waals surface area contributed by atoms with Crippen LogP contribution in [-0.2, 0) is 0 Å². The molecule has 0 aromatic rings. The lowest BCUT2D eigenvalue weighted by Crippen LogP contribution is -2.41. The number of hydrogen-bond acceptors (Lipinski definition) is 1. The van der Waals surface area contributed by atoms with Crippen LogP contribution in [-0.4, -0.2) is 16.6 Å². The van der Waals surface area contributed by atoms with Crippen molar-refractivity contribution in [3.8, 4) is 0 Å². The third kappa shape index (κ3) is 1.90. The van der Waals surface area contributed by atoms with Crippen molar-refractivity contribution in [1.82, 2.24) is 0 Å². The fraction of sp³-hybridized carbons (Fsp3) is 1.00. The molecule has 0 amide bonds. The molecule has 0 fully saturated rings. The largest absolute Gasteiger partial charge is 0.384 e. The van der Waals surface area contributed by atoms with Crippen LogP contribution < -0.4 is 0 Å². The topological polar surface area (TPSA) is 20.2 Å². The highest BCUT2D eigenvalue weighted by Gasteiger charge is 2.43. The molecule has 1 N–H and O–H groups in total. The Kier molecular flexibility index (Phi) is 2.17. The van der Waals surface area contributed by atoms with Gasteiger partial charge < -0.3 is 5.11 Å². The molecule has 0 saturated heterocycles. The second-order valence-electron chi connectivity index (χ2n) is 2.62. The fourth-order valence-corrected chi connectivity index (χ4v) is 0.433. The summed E-state index contributed by atoms with van der Waals surface area (Å²) in [6.07, 6.45) is -0.323. The van der Waals surface area contributed by atoms with Gasteiger partial charge in [0, 0.05) is 6.42 Å². The Bertz CT molecular complexity index is 93.7. The van der Waals surface area contributed by atoms with E-state index in [9.17, 15) is 8.78 Å². The van der Waals surface area contributed by atoms with E-state index >= 15 is 0 Å². The summed E-state index contributed by atoms with van der Waals surface area (Å²) in [7, 11) is 0. The molecule has 0 aliphatic rings. The van der Waals surface area contributed by atoms with Gasteiger partial charge in [-0.15, -0.1) is 0 Å². The Hall–Kier alpha value is -0.180. The van der Waals surface area contributed by atoms with Crippen molar-refractivity contribution < 1.29 is 13.9 Å². The molecule has 0 bridgehead atoms. The molecule has 0 aromatic carbocycles. The second-order valence-corrected chi connectivity index (χ2v) is 2.62. The lowest BCUT2D eigenvalue weighted by atomic mass is 9.99. The minimum atomic E-state index is -2.97. The van der Waals surface area contributed by atoms with E-state index in [2.05, 4.69) is 0 Å². The Balaban J connectivity index is 4.14. The zero-order valence-electron chi connectivity index (χ0n) is 5.91. The van der Waals surface area contributed by atoms with E-state index in [0.29, 0.717) is 0 Å². The zero-order chi connectivity index (χ0) is 7.71. The summed E-state index contributed by atoms with van der Waals surface area (Å²) >= 11 is 0. The number of hydrogen-bond donors (Lipinski definition) is 1. The average molecular weight is 138 g/mol. The minimum Gasteiger partial charge on any atom is -0.384 e. The van der Waals surface area contributed by atoms with Gasteiger partial charge in [0.15, 0.2) is 0 Å². The minimum absolute atomic E-state index is 0.323. The quantitative estimate of drug-likeness (QED) is 0.616. The molecule has 0 radical (unpaired) electrons. The van der Waals surface area contributed by atoms with Crippen LogP contribution in [0.4, 0.5) is 8.78 Å². The molecule has 0 atom stereocenters. The van der Waals surface area contributed by atoms with Crippen LogP contribution in [0.5, 0.6) is 0 Å². The SMILES string of the molecule is CCC(F)(F)C(C)(C)O. The molecular weight excluding hydrogens is 126 g/mol. The van der Waals surface area contributed by atoms with Gasteiger partial charge in [0.1, 0.15) is 5.60 Å². The first-order valence-corrected chi connectivity index (χ1v) is 2.91. The summed E-state index contributed by atoms with van der Waals surface area (Å²) in [6.45, 7) is 3.56. The maximum atomic E-state index is 12.4. The van der Waals surface area contributed by atoms with E-state index in [1.165, 1.54) is 6.92 Å². The summed E-state index contributed by atoms with van der Waals surface area (Å²) in [4.78, 5) is 0. The Morgan fingerprint density at radius 2 is 1.67 bits per heavy atom. The van der Waals surface area contributed by atoms with Crippen LogP contribution >= 0.6 is 0 Å². The van der Waals surface area contributed by atoms with Crippen molar-refractivity contribution >= 4 is 0 Å². The van der Waals surface area contributed by atoms with Crippen molar-refractivity contribution in [2.45, 2.75) is 38.7 Å². The lowest BCUT2D eigenvalue weighted by Gasteiger charge is -2.27. The van der Waals surface area contributed by atoms with E-state index in [0.717, 1.165) is 13.8 Å². The van der Waals surface area contributed by atoms with Crippen molar-refractivity contribution in [3.63, 3.8) is 0 Å². The Morgan fingerprint density at radius 1 is 1.33 bits per heavy atom. The van der Waals surface area contributed by atoms with Gasteiger partial charge in [-0.3, -0.25) is 0 Å². The Morgan fingerprint density at radius 3 is 1.67 bits per heavy atom. The van der Waals surface area contributed by atoms with Gasteiger partial charge in [0.2, 0.25) is 0 Å². The molecule has 0 heterocycles. The highest BCUT2D eigenvalue weighted by Crippen LogP contribution is 2.30. The number of aliphatic hydroxyl groups is 1. The maximum Gasteiger partial charge on any atom is 0.275 e. The average Bonchev–Trinajstić information content (AvgIpc) is 1.64. The summed E-state index contributed by atoms with van der Waals surface area (Å²) in [5.41, 5.74) is -1.89. The van der Waals surface area contributed by atoms with Crippen molar-refractivity contribution in [3.05, 3.63) is 0 Å². The molecular formula is C6H12F2O. The highest BCUT2D eigenvalue weighted by atomic mass is 19.3. The van der Waals surface area contributed by atoms with Crippen molar-refractivity contribution in [2.75, 3.05) is 0 Å². The van der Waals surface area contributed by atoms with Crippen LogP contribution in [0.1, 0.15) is 27.2 Å². The first-order chi connectivity index (χ1) is 3.81. The molecule has 1 nitrogen and oxygen atoms in total. The second kappa shape index (κ2) is 2.21. The molecule has 0 aromatic heterocycles. The molecule has 0 rings (SSSR count). The van der Waals surface area contributed by atoms with Crippen molar-refractivity contribution in [2.24, 2.45) is 0 Å². The van der Waals surface area contributed by atoms with E-state index in [4.69, 9.17) is 5.11 Å². The van der Waals surface area contributed by atoms with Crippen LogP contribution in [0.2, 0.25) is 0 Å². The predicted molar refractivity (Wildman–Crippen MR) is 31.5 cm³/mol. The van der Waals surface area contributed by atoms with Gasteiger partial charge in [0.05, 0.1) is 0 Å². The third-order valence-electron chi connectivity index (χ3n) is 1.34. The van der Waals surface area contributed by atoms with E-state index in [1.54, 1.807) is 0 Å². The van der Waals surface area contributed by atoms with Gasteiger partial charge in [0.25, 0.3) is 5.92 Å². The first-order valence-electron chi connectivity index (χ1n) is 2.91. The molecule has 0 spiro atoms. The zero-order valence-corrected chi connectivity index (χ0v) is 5.91. The highest BCUT2D eigenvalue weighted by molar-refractivity contribution is 4.83. The summed E-state index contributed by atoms with van der Waals surface area (Å²) in [5.74, 6) is -2.97. The first kappa shape index (κ1) is 8.82. The molecule has 0 aliphatic heterocycles. The molecule has 0 aliphatic carbocycles. The molecule has 0 saturated carbocycles. The van der Waals surface area contributed by atoms with Crippen molar-refractivity contribution in [1.29, 1.82) is 0 Å². The van der Waals surface area contributed by atoms with Crippen LogP contribution in [0.25, 0.3) is 0 Å². The Labute approximate surface area is 53.7 Å². The van der Waals surface area contributed by atoms with Gasteiger partial charge in [-0.2, -0.15) is 0 Å². The molecule has 0 unspecified atom stereocenters. The summed E-state index contributed by atoms with van der Waals surface area (Å²) < 4.78 is 24.8. The van der Waals surface area contributed by atoms with Crippen LogP contribution in [0, 0.1) is 0 Å². The molecule has 3 heteroatoms. The summed E-state index contributed by atoms with van der Waals surface area (Å²) in [6, 6.07) is 0. The predicted octanol–water partition coefficient (Wildman–Crippen LogP) is 1.80. The maximum absolute atomic E-state index is 12.4.